The van der Waals surface area contributed by atoms with E-state index in [1.807, 2.05) is 0 Å². The van der Waals surface area contributed by atoms with Crippen molar-refractivity contribution in [2.45, 2.75) is 6.92 Å². The van der Waals surface area contributed by atoms with Crippen LogP contribution in [0.5, 0.6) is 0 Å². The van der Waals surface area contributed by atoms with Crippen LogP contribution in [0.1, 0.15) is 56.2 Å². The molecule has 0 aliphatic heterocycles. The van der Waals surface area contributed by atoms with Crippen LogP contribution in [0, 0.1) is 245 Å². The molecular formula is C60H3F16N21. The molecule has 1 saturated carbocycles. The van der Waals surface area contributed by atoms with E-state index < -0.39 is 182 Å². The van der Waals surface area contributed by atoms with Gasteiger partial charge < -0.3 is 9.69 Å². The Morgan fingerprint density at radius 1 is 0.340 bits per heavy atom. The third-order valence-corrected chi connectivity index (χ3v) is 12.9. The number of nitriles is 11. The standard InChI is InChI=1S/C30H3F12N5.C18N12.C12F4N4/c1-7-8(4-43)18(32)24(38)15(17(7)31)21(35)13-11(9(5-44)12-22(36)27(41)30(47-3)28(42)23(12)37)14(13)29(46-2)16-25(39)19(33)10(6-45)20(34)26(16)40;1-23-17-9(5-21)27-13-11-12(26-8(4-20)7(3-19)25-11)14-16(15(13)29-17)30-18(24-2)10(6-22)28-14;13-9-7(5(1-17)2-18)10(14)12(16)8(11(9)15)6(3-19)4-20/h1H3;;. The van der Waals surface area contributed by atoms with Gasteiger partial charge in [-0.2, -0.15) is 57.9 Å². The van der Waals surface area contributed by atoms with Crippen LogP contribution in [0.25, 0.3) is 80.7 Å². The molecule has 0 atom stereocenters. The van der Waals surface area contributed by atoms with Crippen molar-refractivity contribution in [1.29, 1.82) is 57.9 Å². The number of benzene rings is 5. The molecule has 3 aromatic heterocycles. The Kier molecular flexibility index (Phi) is 19.0. The summed E-state index contributed by atoms with van der Waals surface area (Å²) in [6, 6.07) is 14.2. The van der Waals surface area contributed by atoms with Crippen LogP contribution < -0.4 is 10.4 Å². The Morgan fingerprint density at radius 3 is 1.00 bits per heavy atom. The second-order valence-corrected chi connectivity index (χ2v) is 17.7. The molecule has 0 amide bonds. The summed E-state index contributed by atoms with van der Waals surface area (Å²) < 4.78 is 233. The monoisotopic (exact) mass is 1320 g/mol. The van der Waals surface area contributed by atoms with Crippen molar-refractivity contribution in [3.63, 3.8) is 0 Å². The van der Waals surface area contributed by atoms with E-state index in [4.69, 9.17) is 57.9 Å². The first-order chi connectivity index (χ1) is 46.1. The number of hydrogen-bond acceptors (Lipinski definition) is 17. The van der Waals surface area contributed by atoms with Gasteiger partial charge in [0.2, 0.25) is 16.7 Å². The first kappa shape index (κ1) is 68.8. The lowest BCUT2D eigenvalue weighted by molar-refractivity contribution is 0.434. The van der Waals surface area contributed by atoms with Crippen LogP contribution in [0.2, 0.25) is 0 Å². The average molecular weight is 1320 g/mol. The van der Waals surface area contributed by atoms with Crippen molar-refractivity contribution in [3.05, 3.63) is 216 Å². The molecule has 8 aromatic rings. The van der Waals surface area contributed by atoms with Crippen LogP contribution in [0.15, 0.2) is 16.7 Å². The van der Waals surface area contributed by atoms with Crippen molar-refractivity contribution in [3.8, 4) is 66.8 Å². The van der Waals surface area contributed by atoms with Crippen molar-refractivity contribution < 1.29 is 70.2 Å². The van der Waals surface area contributed by atoms with Crippen LogP contribution in [0.4, 0.5) is 87.6 Å². The minimum atomic E-state index is -2.50. The topological polar surface area (TPSA) is 356 Å². The van der Waals surface area contributed by atoms with Gasteiger partial charge in [-0.15, -0.1) is 9.97 Å². The smallest absolute Gasteiger partial charge is 0.307 e. The maximum absolute atomic E-state index is 16.0. The van der Waals surface area contributed by atoms with Crippen molar-refractivity contribution in [1.82, 2.24) is 29.9 Å². The summed E-state index contributed by atoms with van der Waals surface area (Å²) in [6.07, 6.45) is 0. The molecule has 1 fully saturated rings. The zero-order chi connectivity index (χ0) is 72.3. The van der Waals surface area contributed by atoms with Crippen molar-refractivity contribution in [2.24, 2.45) is 0 Å². The second kappa shape index (κ2) is 26.8. The van der Waals surface area contributed by atoms with E-state index in [2.05, 4.69) is 49.3 Å². The number of allylic oxidation sites excluding steroid dienone is 4. The highest BCUT2D eigenvalue weighted by atomic mass is 19.2. The van der Waals surface area contributed by atoms with E-state index in [0.29, 0.717) is 6.92 Å². The molecule has 1 aliphatic rings. The molecule has 1 aliphatic carbocycles. The van der Waals surface area contributed by atoms with Gasteiger partial charge in [0, 0.05) is 22.3 Å². The Labute approximate surface area is 525 Å². The number of rotatable bonds is 3. The molecule has 460 valence electrons. The number of hydrogen-bond donors (Lipinski definition) is 0. The number of aromatic nitrogens is 6. The third-order valence-electron chi connectivity index (χ3n) is 12.9. The SMILES string of the molecule is N#CC(C#N)=c1c(F)c(F)c(=C(C#N)C#N)c(F)c1F.[C-]#[N+]C(=C1C(=C(F)c2c(F)c(C)c(C#N)c(F)c2F)C1=C(C#N)c1c(F)c(F)c([N+]#[C-])c(F)c1F)c1c(F)c(F)c(C#N)c(F)c1F.[C-]#[N+]c1nc2c(nc1C#N)c1nc(C#N)c(C#N)nc1c1nc(C#N)c([N+]#[C-])nc12. The zero-order valence-corrected chi connectivity index (χ0v) is 45.9. The van der Waals surface area contributed by atoms with Crippen LogP contribution in [-0.2, 0) is 0 Å². The molecule has 0 bridgehead atoms. The molecule has 9 rings (SSSR count). The van der Waals surface area contributed by atoms with Gasteiger partial charge in [0.15, 0.2) is 104 Å². The summed E-state index contributed by atoms with van der Waals surface area (Å²) in [5.74, 6) is -37.4. The highest BCUT2D eigenvalue weighted by Gasteiger charge is 2.46. The fourth-order valence-electron chi connectivity index (χ4n) is 8.56. The van der Waals surface area contributed by atoms with E-state index in [1.165, 1.54) is 0 Å². The first-order valence-electron chi connectivity index (χ1n) is 24.2. The van der Waals surface area contributed by atoms with Gasteiger partial charge in [0.05, 0.1) is 51.4 Å². The van der Waals surface area contributed by atoms with Gasteiger partial charge in [0.25, 0.3) is 5.69 Å². The van der Waals surface area contributed by atoms with Gasteiger partial charge in [-0.3, -0.25) is 0 Å². The van der Waals surface area contributed by atoms with Crippen molar-refractivity contribution in [2.75, 3.05) is 0 Å². The van der Waals surface area contributed by atoms with Crippen LogP contribution in [0.3, 0.4) is 0 Å². The fraction of sp³-hybridized carbons (Fsp3) is 0.0167. The first-order valence-corrected chi connectivity index (χ1v) is 24.2. The Hall–Kier alpha value is -15.7. The van der Waals surface area contributed by atoms with Gasteiger partial charge in [-0.25, -0.2) is 99.9 Å². The zero-order valence-electron chi connectivity index (χ0n) is 45.9. The number of nitrogens with zero attached hydrogens (tertiary/aromatic N) is 21. The highest BCUT2D eigenvalue weighted by Crippen LogP contribution is 2.58. The average Bonchev–Trinajstić information content (AvgIpc) is 1.61. The van der Waals surface area contributed by atoms with Gasteiger partial charge >= 0.3 is 11.6 Å². The summed E-state index contributed by atoms with van der Waals surface area (Å²) in [5.41, 5.74) is -23.8. The van der Waals surface area contributed by atoms with E-state index in [1.54, 1.807) is 24.3 Å². The van der Waals surface area contributed by atoms with Gasteiger partial charge in [0.1, 0.15) is 117 Å². The van der Waals surface area contributed by atoms with E-state index in [9.17, 15) is 87.8 Å². The number of fused-ring (bicyclic) bond motifs is 6. The summed E-state index contributed by atoms with van der Waals surface area (Å²) in [6.45, 7) is 29.2. The minimum absolute atomic E-state index is 0.00714. The Bertz CT molecular complexity index is 5360. The van der Waals surface area contributed by atoms with E-state index in [0.717, 1.165) is 42.5 Å². The molecule has 3 heterocycles. The summed E-state index contributed by atoms with van der Waals surface area (Å²) in [4.78, 5) is 36.0. The maximum atomic E-state index is 16.0. The van der Waals surface area contributed by atoms with Crippen LogP contribution in [-0.4, -0.2) is 29.9 Å². The second-order valence-electron chi connectivity index (χ2n) is 17.7. The molecule has 0 N–H and O–H groups in total. The Balaban J connectivity index is 0.000000226. The Morgan fingerprint density at radius 2 is 0.680 bits per heavy atom. The lowest BCUT2D eigenvalue weighted by atomic mass is 10.0. The van der Waals surface area contributed by atoms with Gasteiger partial charge in [-0.1, -0.05) is 13.1 Å². The summed E-state index contributed by atoms with van der Waals surface area (Å²) in [7, 11) is 0. The predicted molar refractivity (Wildman–Crippen MR) is 285 cm³/mol. The quantitative estimate of drug-likeness (QED) is 0.0521. The van der Waals surface area contributed by atoms with E-state index >= 15 is 8.78 Å². The molecule has 97 heavy (non-hydrogen) atoms. The lowest BCUT2D eigenvalue weighted by Crippen LogP contribution is -2.31. The van der Waals surface area contributed by atoms with Gasteiger partial charge in [-0.05, 0) is 6.92 Å². The highest BCUT2D eigenvalue weighted by molar-refractivity contribution is 6.19. The predicted octanol–water partition coefficient (Wildman–Crippen LogP) is 11.6. The lowest BCUT2D eigenvalue weighted by Gasteiger charge is -2.09. The molecule has 0 spiro atoms. The minimum Gasteiger partial charge on any atom is -0.358 e. The molecule has 0 saturated heterocycles. The van der Waals surface area contributed by atoms with Crippen LogP contribution >= 0.6 is 0 Å². The molecule has 0 radical (unpaired) electrons. The molecule has 37 heteroatoms. The fourth-order valence-corrected chi connectivity index (χ4v) is 8.56. The van der Waals surface area contributed by atoms with Crippen molar-refractivity contribution >= 4 is 78.7 Å². The third kappa shape index (κ3) is 10.9. The largest absolute Gasteiger partial charge is 0.358 e. The molecule has 21 nitrogen and oxygen atoms in total. The molecule has 5 aromatic carbocycles. The van der Waals surface area contributed by atoms with E-state index in [-0.39, 0.29) is 67.5 Å². The maximum Gasteiger partial charge on any atom is 0.307 e. The normalized spacial score (nSPS) is 12.2. The summed E-state index contributed by atoms with van der Waals surface area (Å²) >= 11 is 0. The summed E-state index contributed by atoms with van der Waals surface area (Å²) in [5, 5.41) is 95.7. The molecule has 0 unspecified atom stereocenters. The number of halogens is 16. The molecular weight excluding hydrogens is 1320 g/mol.